The van der Waals surface area contributed by atoms with Gasteiger partial charge in [0.05, 0.1) is 10.8 Å². The highest BCUT2D eigenvalue weighted by Crippen LogP contribution is 2.31. The molecule has 22 heavy (non-hydrogen) atoms. The van der Waals surface area contributed by atoms with E-state index in [9.17, 15) is 14.7 Å². The molecule has 0 radical (unpaired) electrons. The lowest BCUT2D eigenvalue weighted by atomic mass is 9.80. The monoisotopic (exact) mass is 325 g/mol. The van der Waals surface area contributed by atoms with Crippen LogP contribution in [0.1, 0.15) is 46.1 Å². The minimum atomic E-state index is -0.924. The van der Waals surface area contributed by atoms with E-state index in [0.717, 1.165) is 5.56 Å². The van der Waals surface area contributed by atoms with Crippen molar-refractivity contribution >= 4 is 23.5 Å². The largest absolute Gasteiger partial charge is 0.481 e. The van der Waals surface area contributed by atoms with Gasteiger partial charge in [0.15, 0.2) is 0 Å². The highest BCUT2D eigenvalue weighted by atomic mass is 35.5. The lowest BCUT2D eigenvalue weighted by Gasteiger charge is -2.30. The molecule has 0 aliphatic heterocycles. The third-order valence-electron chi connectivity index (χ3n) is 4.51. The van der Waals surface area contributed by atoms with Gasteiger partial charge in [0, 0.05) is 11.6 Å². The van der Waals surface area contributed by atoms with E-state index in [4.69, 9.17) is 11.6 Å². The molecule has 0 unspecified atom stereocenters. The molecule has 0 heterocycles. The van der Waals surface area contributed by atoms with E-state index in [1.807, 2.05) is 32.0 Å². The Balaban J connectivity index is 2.93. The average Bonchev–Trinajstić information content (AvgIpc) is 2.48. The van der Waals surface area contributed by atoms with Crippen LogP contribution in [0.5, 0.6) is 0 Å². The zero-order valence-corrected chi connectivity index (χ0v) is 14.3. The van der Waals surface area contributed by atoms with Crippen LogP contribution in [0.25, 0.3) is 0 Å². The van der Waals surface area contributed by atoms with Crippen LogP contribution >= 0.6 is 11.6 Å². The Morgan fingerprint density at radius 3 is 2.18 bits per heavy atom. The van der Waals surface area contributed by atoms with Crippen molar-refractivity contribution in [2.24, 2.45) is 5.41 Å². The summed E-state index contributed by atoms with van der Waals surface area (Å²) < 4.78 is 0. The van der Waals surface area contributed by atoms with E-state index >= 15 is 0 Å². The smallest absolute Gasteiger partial charge is 0.311 e. The number of hydrogen-bond donors (Lipinski definition) is 2. The number of carboxylic acids is 1. The summed E-state index contributed by atoms with van der Waals surface area (Å²) in [6.07, 6.45) is 0.928. The fraction of sp³-hybridized carbons (Fsp3) is 0.529. The molecule has 0 aliphatic rings. The lowest BCUT2D eigenvalue weighted by Crippen LogP contribution is -2.47. The van der Waals surface area contributed by atoms with Crippen molar-refractivity contribution in [1.29, 1.82) is 0 Å². The predicted octanol–water partition coefficient (Wildman–Crippen LogP) is 3.62. The molecule has 0 saturated heterocycles. The maximum atomic E-state index is 12.6. The van der Waals surface area contributed by atoms with Crippen LogP contribution < -0.4 is 5.32 Å². The molecule has 5 heteroatoms. The Morgan fingerprint density at radius 2 is 1.73 bits per heavy atom. The first-order valence-electron chi connectivity index (χ1n) is 7.48. The summed E-state index contributed by atoms with van der Waals surface area (Å²) in [6.45, 7) is 7.32. The molecule has 0 bridgehead atoms. The maximum absolute atomic E-state index is 12.6. The van der Waals surface area contributed by atoms with E-state index in [1.54, 1.807) is 19.9 Å². The van der Waals surface area contributed by atoms with Gasteiger partial charge in [-0.3, -0.25) is 9.59 Å². The second-order valence-corrected chi connectivity index (χ2v) is 6.49. The number of amides is 1. The Hall–Kier alpha value is -1.55. The number of halogens is 1. The zero-order chi connectivity index (χ0) is 17.0. The first-order chi connectivity index (χ1) is 10.2. The molecule has 1 aromatic carbocycles. The molecule has 0 spiro atoms. The van der Waals surface area contributed by atoms with Crippen molar-refractivity contribution in [2.75, 3.05) is 6.54 Å². The van der Waals surface area contributed by atoms with E-state index in [-0.39, 0.29) is 12.5 Å². The van der Waals surface area contributed by atoms with Gasteiger partial charge in [-0.1, -0.05) is 43.6 Å². The summed E-state index contributed by atoms with van der Waals surface area (Å²) in [5.74, 6) is -1.11. The first kappa shape index (κ1) is 18.5. The zero-order valence-electron chi connectivity index (χ0n) is 13.6. The molecule has 0 aliphatic carbocycles. The van der Waals surface area contributed by atoms with Crippen molar-refractivity contribution in [3.05, 3.63) is 34.9 Å². The number of nitrogens with one attached hydrogen (secondary N) is 1. The highest BCUT2D eigenvalue weighted by Gasteiger charge is 2.38. The van der Waals surface area contributed by atoms with Gasteiger partial charge in [0.1, 0.15) is 0 Å². The molecule has 1 amide bonds. The van der Waals surface area contributed by atoms with Crippen LogP contribution in [-0.4, -0.2) is 23.5 Å². The summed E-state index contributed by atoms with van der Waals surface area (Å²) >= 11 is 6.17. The summed E-state index contributed by atoms with van der Waals surface area (Å²) in [5, 5.41) is 12.7. The topological polar surface area (TPSA) is 66.4 Å². The average molecular weight is 326 g/mol. The third kappa shape index (κ3) is 3.61. The quantitative estimate of drug-likeness (QED) is 0.804. The van der Waals surface area contributed by atoms with Crippen molar-refractivity contribution in [3.63, 3.8) is 0 Å². The van der Waals surface area contributed by atoms with Gasteiger partial charge in [-0.15, -0.1) is 0 Å². The van der Waals surface area contributed by atoms with Gasteiger partial charge in [0.2, 0.25) is 5.91 Å². The Labute approximate surface area is 136 Å². The Bertz CT molecular complexity index is 551. The molecule has 122 valence electrons. The van der Waals surface area contributed by atoms with Crippen LogP contribution in [0.15, 0.2) is 24.3 Å². The summed E-state index contributed by atoms with van der Waals surface area (Å²) in [6, 6.07) is 7.19. The van der Waals surface area contributed by atoms with Crippen LogP contribution in [0.3, 0.4) is 0 Å². The normalized spacial score (nSPS) is 12.0. The van der Waals surface area contributed by atoms with Crippen molar-refractivity contribution in [2.45, 2.75) is 46.0 Å². The predicted molar refractivity (Wildman–Crippen MR) is 88.1 cm³/mol. The van der Waals surface area contributed by atoms with Gasteiger partial charge in [-0.2, -0.15) is 0 Å². The molecule has 0 aromatic heterocycles. The Kier molecular flexibility index (Phi) is 6.00. The number of aliphatic carboxylic acids is 1. The molecule has 4 nitrogen and oxygen atoms in total. The second kappa shape index (κ2) is 7.14. The molecule has 2 N–H and O–H groups in total. The summed E-state index contributed by atoms with van der Waals surface area (Å²) in [7, 11) is 0. The number of carbonyl (C=O) groups is 2. The SMILES string of the molecule is CCC(CC)(CNC(=O)C(C)(C)c1ccccc1Cl)C(=O)O. The van der Waals surface area contributed by atoms with E-state index < -0.39 is 16.8 Å². The molecule has 0 atom stereocenters. The summed E-state index contributed by atoms with van der Waals surface area (Å²) in [5.41, 5.74) is -1.03. The number of benzene rings is 1. The number of carboxylic acid groups (broad SMARTS) is 1. The van der Waals surface area contributed by atoms with Gasteiger partial charge in [0.25, 0.3) is 0 Å². The summed E-state index contributed by atoms with van der Waals surface area (Å²) in [4.78, 5) is 24.1. The van der Waals surface area contributed by atoms with Crippen molar-refractivity contribution < 1.29 is 14.7 Å². The molecule has 1 rings (SSSR count). The molecular weight excluding hydrogens is 302 g/mol. The van der Waals surface area contributed by atoms with Gasteiger partial charge in [-0.25, -0.2) is 0 Å². The second-order valence-electron chi connectivity index (χ2n) is 6.08. The number of carbonyl (C=O) groups excluding carboxylic acids is 1. The molecule has 1 aromatic rings. The van der Waals surface area contributed by atoms with Crippen LogP contribution in [0.2, 0.25) is 5.02 Å². The Morgan fingerprint density at radius 1 is 1.18 bits per heavy atom. The minimum Gasteiger partial charge on any atom is -0.481 e. The highest BCUT2D eigenvalue weighted by molar-refractivity contribution is 6.31. The fourth-order valence-electron chi connectivity index (χ4n) is 2.44. The van der Waals surface area contributed by atoms with Crippen LogP contribution in [-0.2, 0) is 15.0 Å². The van der Waals surface area contributed by atoms with Crippen LogP contribution in [0.4, 0.5) is 0 Å². The number of hydrogen-bond acceptors (Lipinski definition) is 2. The number of rotatable bonds is 7. The van der Waals surface area contributed by atoms with E-state index in [2.05, 4.69) is 5.32 Å². The molecule has 0 saturated carbocycles. The molecule has 0 fully saturated rings. The standard InChI is InChI=1S/C17H24ClNO3/c1-5-17(6-2,15(21)22)11-19-14(20)16(3,4)12-9-7-8-10-13(12)18/h7-10H,5-6,11H2,1-4H3,(H,19,20)(H,21,22). The van der Waals surface area contributed by atoms with Gasteiger partial charge in [-0.05, 0) is 38.3 Å². The van der Waals surface area contributed by atoms with Gasteiger partial charge >= 0.3 is 5.97 Å². The van der Waals surface area contributed by atoms with E-state index in [0.29, 0.717) is 17.9 Å². The third-order valence-corrected chi connectivity index (χ3v) is 4.84. The maximum Gasteiger partial charge on any atom is 0.311 e. The lowest BCUT2D eigenvalue weighted by molar-refractivity contribution is -0.149. The molecular formula is C17H24ClNO3. The van der Waals surface area contributed by atoms with Crippen molar-refractivity contribution in [1.82, 2.24) is 5.32 Å². The van der Waals surface area contributed by atoms with E-state index in [1.165, 1.54) is 0 Å². The fourth-order valence-corrected chi connectivity index (χ4v) is 2.81. The van der Waals surface area contributed by atoms with Gasteiger partial charge < -0.3 is 10.4 Å². The first-order valence-corrected chi connectivity index (χ1v) is 7.85. The van der Waals surface area contributed by atoms with Crippen LogP contribution in [0, 0.1) is 5.41 Å². The van der Waals surface area contributed by atoms with Crippen molar-refractivity contribution in [3.8, 4) is 0 Å². The minimum absolute atomic E-state index is 0.113.